The number of carbonyl (C=O) groups is 2. The summed E-state index contributed by atoms with van der Waals surface area (Å²) in [6, 6.07) is 8.18. The van der Waals surface area contributed by atoms with Gasteiger partial charge < -0.3 is 15.2 Å². The SMILES string of the molecule is CS(C)(I)CCOC(=O)N[C@@H](Cc1ccccc1)C(=O)O. The minimum absolute atomic E-state index is 0.230. The first-order chi connectivity index (χ1) is 9.78. The fourth-order valence-electron chi connectivity index (χ4n) is 1.57. The van der Waals surface area contributed by atoms with Crippen LogP contribution in [0.2, 0.25) is 0 Å². The Kier molecular flexibility index (Phi) is 7.30. The van der Waals surface area contributed by atoms with E-state index in [1.54, 1.807) is 0 Å². The van der Waals surface area contributed by atoms with Crippen LogP contribution in [0.3, 0.4) is 0 Å². The molecule has 21 heavy (non-hydrogen) atoms. The standard InChI is InChI=1S/C14H20INO4S/c1-21(2,15)9-8-20-14(19)16-12(13(17)18)10-11-6-4-3-5-7-11/h3-7,12H,8-10H2,1-2H3,(H,16,19)(H,17,18)/t12-/m0/s1. The molecular formula is C14H20INO4S. The van der Waals surface area contributed by atoms with E-state index < -0.39 is 25.3 Å². The van der Waals surface area contributed by atoms with Crippen LogP contribution in [0.5, 0.6) is 0 Å². The molecule has 5 nitrogen and oxygen atoms in total. The fraction of sp³-hybridized carbons (Fsp3) is 0.429. The van der Waals surface area contributed by atoms with Crippen molar-refractivity contribution >= 4 is 40.5 Å². The van der Waals surface area contributed by atoms with Crippen molar-refractivity contribution in [2.24, 2.45) is 0 Å². The fourth-order valence-corrected chi connectivity index (χ4v) is 2.59. The zero-order chi connectivity index (χ0) is 15.9. The molecule has 1 rings (SSSR count). The smallest absolute Gasteiger partial charge is 0.407 e. The summed E-state index contributed by atoms with van der Waals surface area (Å²) in [6.45, 7) is 0.300. The molecule has 0 bridgehead atoms. The lowest BCUT2D eigenvalue weighted by Crippen LogP contribution is -2.42. The van der Waals surface area contributed by atoms with E-state index in [2.05, 4.69) is 39.0 Å². The molecule has 0 aliphatic rings. The second kappa shape index (κ2) is 8.47. The number of halogens is 1. The molecule has 0 aliphatic heterocycles. The first-order valence-electron chi connectivity index (χ1n) is 6.38. The summed E-state index contributed by atoms with van der Waals surface area (Å²) < 4.78 is 5.04. The molecular weight excluding hydrogens is 405 g/mol. The Morgan fingerprint density at radius 3 is 2.48 bits per heavy atom. The molecule has 0 aromatic heterocycles. The van der Waals surface area contributed by atoms with E-state index in [0.717, 1.165) is 11.3 Å². The van der Waals surface area contributed by atoms with Gasteiger partial charge in [0, 0.05) is 12.2 Å². The number of hydrogen-bond donors (Lipinski definition) is 2. The van der Waals surface area contributed by atoms with Crippen LogP contribution in [-0.4, -0.2) is 48.1 Å². The molecule has 0 fully saturated rings. The topological polar surface area (TPSA) is 75.6 Å². The van der Waals surface area contributed by atoms with Gasteiger partial charge in [-0.05, 0) is 39.3 Å². The minimum Gasteiger partial charge on any atom is -0.480 e. The summed E-state index contributed by atoms with van der Waals surface area (Å²) in [4.78, 5) is 22.8. The van der Waals surface area contributed by atoms with Gasteiger partial charge in [0.1, 0.15) is 12.6 Å². The molecule has 0 radical (unpaired) electrons. The zero-order valence-electron chi connectivity index (χ0n) is 12.0. The number of benzene rings is 1. The van der Waals surface area contributed by atoms with Crippen molar-refractivity contribution in [2.75, 3.05) is 24.9 Å². The lowest BCUT2D eigenvalue weighted by Gasteiger charge is -2.22. The maximum atomic E-state index is 11.6. The molecule has 118 valence electrons. The molecule has 0 aliphatic carbocycles. The first kappa shape index (κ1) is 18.1. The van der Waals surface area contributed by atoms with Gasteiger partial charge in [0.25, 0.3) is 0 Å². The van der Waals surface area contributed by atoms with E-state index >= 15 is 0 Å². The van der Waals surface area contributed by atoms with Crippen LogP contribution in [0.4, 0.5) is 4.79 Å². The third kappa shape index (κ3) is 8.15. The Hall–Kier alpha value is -0.960. The van der Waals surface area contributed by atoms with Crippen LogP contribution >= 0.6 is 28.4 Å². The molecule has 1 aromatic carbocycles. The number of rotatable bonds is 7. The Balaban J connectivity index is 2.47. The molecule has 1 aromatic rings. The number of alkyl carbamates (subject to hydrolysis) is 1. The second-order valence-electron chi connectivity index (χ2n) is 4.97. The van der Waals surface area contributed by atoms with Crippen molar-refractivity contribution in [1.82, 2.24) is 5.32 Å². The van der Waals surface area contributed by atoms with Gasteiger partial charge >= 0.3 is 12.1 Å². The van der Waals surface area contributed by atoms with Crippen molar-refractivity contribution in [3.8, 4) is 0 Å². The second-order valence-corrected chi connectivity index (χ2v) is 15.3. The maximum absolute atomic E-state index is 11.6. The van der Waals surface area contributed by atoms with Crippen LogP contribution in [0, 0.1) is 0 Å². The van der Waals surface area contributed by atoms with Crippen molar-refractivity contribution < 1.29 is 19.4 Å². The number of ether oxygens (including phenoxy) is 1. The van der Waals surface area contributed by atoms with Crippen molar-refractivity contribution in [1.29, 1.82) is 0 Å². The van der Waals surface area contributed by atoms with Gasteiger partial charge in [0.2, 0.25) is 0 Å². The summed E-state index contributed by atoms with van der Waals surface area (Å²) in [5, 5.41) is 11.6. The van der Waals surface area contributed by atoms with Gasteiger partial charge in [-0.2, -0.15) is 7.20 Å². The third-order valence-corrected chi connectivity index (χ3v) is 5.13. The molecule has 1 amide bonds. The van der Waals surface area contributed by atoms with Crippen molar-refractivity contribution in [2.45, 2.75) is 12.5 Å². The lowest BCUT2D eigenvalue weighted by atomic mass is 10.1. The van der Waals surface area contributed by atoms with Gasteiger partial charge in [-0.15, -0.1) is 0 Å². The van der Waals surface area contributed by atoms with E-state index in [1.807, 2.05) is 30.3 Å². The molecule has 0 heterocycles. The van der Waals surface area contributed by atoms with Crippen LogP contribution < -0.4 is 5.32 Å². The van der Waals surface area contributed by atoms with Crippen molar-refractivity contribution in [3.05, 3.63) is 35.9 Å². The van der Waals surface area contributed by atoms with Gasteiger partial charge in [-0.1, -0.05) is 30.3 Å². The Morgan fingerprint density at radius 1 is 1.33 bits per heavy atom. The average molecular weight is 425 g/mol. The third-order valence-electron chi connectivity index (χ3n) is 2.67. The highest BCUT2D eigenvalue weighted by molar-refractivity contribution is 14.2. The summed E-state index contributed by atoms with van der Waals surface area (Å²) in [5.74, 6) is -0.284. The monoisotopic (exact) mass is 425 g/mol. The maximum Gasteiger partial charge on any atom is 0.407 e. The number of nitrogens with one attached hydrogen (secondary N) is 1. The van der Waals surface area contributed by atoms with E-state index in [9.17, 15) is 14.7 Å². The normalized spacial score (nSPS) is 13.3. The number of amides is 1. The van der Waals surface area contributed by atoms with Gasteiger partial charge in [0.15, 0.2) is 0 Å². The van der Waals surface area contributed by atoms with Gasteiger partial charge in [0.05, 0.1) is 0 Å². The highest BCUT2D eigenvalue weighted by Gasteiger charge is 2.21. The number of carboxylic acid groups (broad SMARTS) is 1. The van der Waals surface area contributed by atoms with E-state index in [0.29, 0.717) is 6.61 Å². The number of hydrogen-bond acceptors (Lipinski definition) is 3. The predicted molar refractivity (Wildman–Crippen MR) is 94.4 cm³/mol. The molecule has 0 saturated heterocycles. The number of carboxylic acids is 1. The molecule has 0 spiro atoms. The predicted octanol–water partition coefficient (Wildman–Crippen LogP) is 2.82. The molecule has 0 unspecified atom stereocenters. The molecule has 2 N–H and O–H groups in total. The Bertz CT molecular complexity index is 476. The Labute approximate surface area is 138 Å². The number of carbonyl (C=O) groups excluding carboxylic acids is 1. The number of aliphatic carboxylic acids is 1. The van der Waals surface area contributed by atoms with Crippen LogP contribution in [0.25, 0.3) is 0 Å². The summed E-state index contributed by atoms with van der Waals surface area (Å²) >= 11 is 2.35. The molecule has 1 atom stereocenters. The van der Waals surface area contributed by atoms with Crippen molar-refractivity contribution in [3.63, 3.8) is 0 Å². The van der Waals surface area contributed by atoms with Crippen LogP contribution in [-0.2, 0) is 16.0 Å². The van der Waals surface area contributed by atoms with Crippen LogP contribution in [0.15, 0.2) is 30.3 Å². The van der Waals surface area contributed by atoms with Gasteiger partial charge in [-0.25, -0.2) is 9.59 Å². The molecule has 0 saturated carbocycles. The zero-order valence-corrected chi connectivity index (χ0v) is 15.0. The van der Waals surface area contributed by atoms with E-state index in [-0.39, 0.29) is 6.42 Å². The molecule has 7 heteroatoms. The van der Waals surface area contributed by atoms with Gasteiger partial charge in [-0.3, -0.25) is 0 Å². The van der Waals surface area contributed by atoms with Crippen LogP contribution in [0.1, 0.15) is 5.56 Å². The Morgan fingerprint density at radius 2 is 1.95 bits per heavy atom. The summed E-state index contributed by atoms with van der Waals surface area (Å²) in [6.07, 6.45) is 3.78. The largest absolute Gasteiger partial charge is 0.480 e. The minimum atomic E-state index is -1.07. The van der Waals surface area contributed by atoms with E-state index in [1.165, 1.54) is 0 Å². The first-order valence-corrected chi connectivity index (χ1v) is 11.5. The highest BCUT2D eigenvalue weighted by Crippen LogP contribution is 2.48. The summed E-state index contributed by atoms with van der Waals surface area (Å²) in [5.41, 5.74) is 0.850. The average Bonchev–Trinajstić information content (AvgIpc) is 2.37. The lowest BCUT2D eigenvalue weighted by molar-refractivity contribution is -0.139. The summed E-state index contributed by atoms with van der Waals surface area (Å²) in [7, 11) is -0.764. The van der Waals surface area contributed by atoms with E-state index in [4.69, 9.17) is 4.74 Å². The quantitative estimate of drug-likeness (QED) is 0.659. The highest BCUT2D eigenvalue weighted by atomic mass is 127.